The highest BCUT2D eigenvalue weighted by atomic mass is 16.2. The summed E-state index contributed by atoms with van der Waals surface area (Å²) in [7, 11) is 0. The molecule has 60 valence electrons. The van der Waals surface area contributed by atoms with Crippen LogP contribution < -0.4 is 5.32 Å². The third kappa shape index (κ3) is 5.28. The van der Waals surface area contributed by atoms with Gasteiger partial charge in [-0.3, -0.25) is 14.9 Å². The van der Waals surface area contributed by atoms with Gasteiger partial charge in [-0.25, -0.2) is 0 Å². The minimum absolute atomic E-state index is 0. The molecule has 0 saturated carbocycles. The molecule has 0 aliphatic heterocycles. The van der Waals surface area contributed by atoms with Crippen LogP contribution in [0.4, 0.5) is 0 Å². The van der Waals surface area contributed by atoms with Gasteiger partial charge in [-0.05, 0) is 0 Å². The van der Waals surface area contributed by atoms with Crippen LogP contribution in [0.25, 0.3) is 0 Å². The molecule has 0 fully saturated rings. The standard InChI is InChI=1S/C6H11NO2.CH4/c1-4(2)6(9)7-5(3)8;/h4H,1-3H3,(H,7,8,9);1H4. The second kappa shape index (κ2) is 4.97. The summed E-state index contributed by atoms with van der Waals surface area (Å²) in [5, 5.41) is 2.16. The third-order valence-electron chi connectivity index (χ3n) is 0.824. The Kier molecular flexibility index (Phi) is 5.90. The molecule has 0 aromatic carbocycles. The summed E-state index contributed by atoms with van der Waals surface area (Å²) in [6.07, 6.45) is 0. The van der Waals surface area contributed by atoms with Crippen LogP contribution in [0.5, 0.6) is 0 Å². The maximum Gasteiger partial charge on any atom is 0.229 e. The van der Waals surface area contributed by atoms with Crippen molar-refractivity contribution in [2.24, 2.45) is 5.92 Å². The van der Waals surface area contributed by atoms with Crippen LogP contribution in [0.2, 0.25) is 0 Å². The van der Waals surface area contributed by atoms with E-state index in [1.807, 2.05) is 0 Å². The molecule has 0 aliphatic rings. The summed E-state index contributed by atoms with van der Waals surface area (Å²) in [6, 6.07) is 0. The Labute approximate surface area is 61.8 Å². The zero-order valence-electron chi connectivity index (χ0n) is 5.89. The van der Waals surface area contributed by atoms with Crippen molar-refractivity contribution in [1.82, 2.24) is 5.32 Å². The van der Waals surface area contributed by atoms with Crippen molar-refractivity contribution in [2.75, 3.05) is 0 Å². The monoisotopic (exact) mass is 145 g/mol. The van der Waals surface area contributed by atoms with Gasteiger partial charge in [-0.2, -0.15) is 0 Å². The first-order valence-corrected chi connectivity index (χ1v) is 2.85. The van der Waals surface area contributed by atoms with Gasteiger partial charge in [0.15, 0.2) is 0 Å². The van der Waals surface area contributed by atoms with E-state index in [4.69, 9.17) is 0 Å². The van der Waals surface area contributed by atoms with Gasteiger partial charge in [0.1, 0.15) is 0 Å². The average molecular weight is 145 g/mol. The highest BCUT2D eigenvalue weighted by Crippen LogP contribution is 1.88. The van der Waals surface area contributed by atoms with Gasteiger partial charge in [-0.15, -0.1) is 0 Å². The number of rotatable bonds is 1. The van der Waals surface area contributed by atoms with E-state index in [1.54, 1.807) is 13.8 Å². The maximum atomic E-state index is 10.6. The first kappa shape index (κ1) is 11.9. The molecule has 3 nitrogen and oxygen atoms in total. The number of imide groups is 1. The lowest BCUT2D eigenvalue weighted by Crippen LogP contribution is -2.31. The molecule has 0 aliphatic carbocycles. The molecule has 0 radical (unpaired) electrons. The molecule has 0 atom stereocenters. The van der Waals surface area contributed by atoms with E-state index < -0.39 is 0 Å². The molecule has 0 rings (SSSR count). The molecule has 10 heavy (non-hydrogen) atoms. The predicted molar refractivity (Wildman–Crippen MR) is 40.4 cm³/mol. The fraction of sp³-hybridized carbons (Fsp3) is 0.714. The summed E-state index contributed by atoms with van der Waals surface area (Å²) in [4.78, 5) is 20.8. The Morgan fingerprint density at radius 1 is 1.30 bits per heavy atom. The Morgan fingerprint density at radius 3 is 1.80 bits per heavy atom. The molecule has 1 N–H and O–H groups in total. The van der Waals surface area contributed by atoms with Gasteiger partial charge >= 0.3 is 0 Å². The Hall–Kier alpha value is -0.860. The molecule has 0 aromatic rings. The van der Waals surface area contributed by atoms with Crippen LogP contribution in [0.3, 0.4) is 0 Å². The number of hydrogen-bond acceptors (Lipinski definition) is 2. The quantitative estimate of drug-likeness (QED) is 0.597. The minimum Gasteiger partial charge on any atom is -0.296 e. The first-order chi connectivity index (χ1) is 4.04. The number of hydrogen-bond donors (Lipinski definition) is 1. The van der Waals surface area contributed by atoms with Crippen molar-refractivity contribution in [3.8, 4) is 0 Å². The normalized spacial score (nSPS) is 8.40. The third-order valence-corrected chi connectivity index (χ3v) is 0.824. The zero-order valence-corrected chi connectivity index (χ0v) is 5.89. The molecule has 0 aromatic heterocycles. The topological polar surface area (TPSA) is 46.2 Å². The number of carbonyl (C=O) groups is 2. The molecule has 0 heterocycles. The first-order valence-electron chi connectivity index (χ1n) is 2.85. The molecule has 3 heteroatoms. The van der Waals surface area contributed by atoms with Crippen LogP contribution in [0.15, 0.2) is 0 Å². The fourth-order valence-corrected chi connectivity index (χ4v) is 0.318. The van der Waals surface area contributed by atoms with Crippen LogP contribution in [-0.4, -0.2) is 11.8 Å². The van der Waals surface area contributed by atoms with E-state index in [9.17, 15) is 9.59 Å². The van der Waals surface area contributed by atoms with Gasteiger partial charge < -0.3 is 0 Å². The van der Waals surface area contributed by atoms with Crippen molar-refractivity contribution >= 4 is 11.8 Å². The molecular formula is C7H15NO2. The van der Waals surface area contributed by atoms with Crippen LogP contribution >= 0.6 is 0 Å². The van der Waals surface area contributed by atoms with E-state index >= 15 is 0 Å². The zero-order chi connectivity index (χ0) is 7.44. The van der Waals surface area contributed by atoms with Crippen molar-refractivity contribution in [3.63, 3.8) is 0 Å². The van der Waals surface area contributed by atoms with Gasteiger partial charge in [0.05, 0.1) is 0 Å². The second-order valence-electron chi connectivity index (χ2n) is 2.20. The second-order valence-corrected chi connectivity index (χ2v) is 2.20. The van der Waals surface area contributed by atoms with Crippen molar-refractivity contribution in [3.05, 3.63) is 0 Å². The lowest BCUT2D eigenvalue weighted by atomic mass is 10.2. The number of amides is 2. The van der Waals surface area contributed by atoms with Gasteiger partial charge in [0.2, 0.25) is 11.8 Å². The van der Waals surface area contributed by atoms with E-state index in [2.05, 4.69) is 5.32 Å². The fourth-order valence-electron chi connectivity index (χ4n) is 0.318. The van der Waals surface area contributed by atoms with Gasteiger partial charge in [-0.1, -0.05) is 21.3 Å². The van der Waals surface area contributed by atoms with Crippen LogP contribution in [0, 0.1) is 5.92 Å². The maximum absolute atomic E-state index is 10.6. The summed E-state index contributed by atoms with van der Waals surface area (Å²) < 4.78 is 0. The SMILES string of the molecule is C.CC(=O)NC(=O)C(C)C. The lowest BCUT2D eigenvalue weighted by molar-refractivity contribution is -0.131. The van der Waals surface area contributed by atoms with Crippen LogP contribution in [-0.2, 0) is 9.59 Å². The summed E-state index contributed by atoms with van der Waals surface area (Å²) in [5.41, 5.74) is 0. The van der Waals surface area contributed by atoms with Crippen LogP contribution in [0.1, 0.15) is 28.2 Å². The highest BCUT2D eigenvalue weighted by Gasteiger charge is 2.06. The minimum atomic E-state index is -0.297. The van der Waals surface area contributed by atoms with Gasteiger partial charge in [0.25, 0.3) is 0 Å². The Morgan fingerprint density at radius 2 is 1.70 bits per heavy atom. The van der Waals surface area contributed by atoms with E-state index in [0.29, 0.717) is 0 Å². The Balaban J connectivity index is 0. The largest absolute Gasteiger partial charge is 0.296 e. The Bertz CT molecular complexity index is 130. The number of nitrogens with one attached hydrogen (secondary N) is 1. The van der Waals surface area contributed by atoms with Crippen molar-refractivity contribution in [2.45, 2.75) is 28.2 Å². The lowest BCUT2D eigenvalue weighted by Gasteiger charge is -2.01. The number of carbonyl (C=O) groups excluding carboxylic acids is 2. The van der Waals surface area contributed by atoms with E-state index in [1.165, 1.54) is 6.92 Å². The molecule has 0 unspecified atom stereocenters. The molecule has 0 saturated heterocycles. The smallest absolute Gasteiger partial charge is 0.229 e. The van der Waals surface area contributed by atoms with Gasteiger partial charge in [0, 0.05) is 12.8 Å². The molecule has 0 spiro atoms. The average Bonchev–Trinajstić information content (AvgIpc) is 1.63. The molecule has 0 bridgehead atoms. The highest BCUT2D eigenvalue weighted by molar-refractivity contribution is 5.94. The molecular weight excluding hydrogens is 130 g/mol. The van der Waals surface area contributed by atoms with E-state index in [0.717, 1.165) is 0 Å². The summed E-state index contributed by atoms with van der Waals surface area (Å²) >= 11 is 0. The molecule has 2 amide bonds. The summed E-state index contributed by atoms with van der Waals surface area (Å²) in [5.74, 6) is -0.634. The predicted octanol–water partition coefficient (Wildman–Crippen LogP) is 0.941. The van der Waals surface area contributed by atoms with E-state index in [-0.39, 0.29) is 25.2 Å². The van der Waals surface area contributed by atoms with Crippen molar-refractivity contribution < 1.29 is 9.59 Å². The summed E-state index contributed by atoms with van der Waals surface area (Å²) in [6.45, 7) is 4.79. The van der Waals surface area contributed by atoms with Crippen molar-refractivity contribution in [1.29, 1.82) is 0 Å².